The van der Waals surface area contributed by atoms with Crippen LogP contribution in [0.5, 0.6) is 0 Å². The number of hydrogen-bond acceptors (Lipinski definition) is 4. The van der Waals surface area contributed by atoms with E-state index >= 15 is 0 Å². The van der Waals surface area contributed by atoms with E-state index in [0.717, 1.165) is 17.6 Å². The summed E-state index contributed by atoms with van der Waals surface area (Å²) in [6, 6.07) is 9.82. The lowest BCUT2D eigenvalue weighted by atomic mass is 9.86. The summed E-state index contributed by atoms with van der Waals surface area (Å²) in [6.07, 6.45) is 0.531. The first kappa shape index (κ1) is 19.0. The van der Waals surface area contributed by atoms with Crippen LogP contribution in [0.2, 0.25) is 0 Å². The average molecular weight is 357 g/mol. The van der Waals surface area contributed by atoms with Crippen molar-refractivity contribution in [2.45, 2.75) is 64.9 Å². The quantitative estimate of drug-likeness (QED) is 0.768. The van der Waals surface area contributed by atoms with Crippen LogP contribution in [0, 0.1) is 0 Å². The fourth-order valence-electron chi connectivity index (χ4n) is 3.25. The van der Waals surface area contributed by atoms with E-state index in [9.17, 15) is 4.79 Å². The Morgan fingerprint density at radius 1 is 1.23 bits per heavy atom. The van der Waals surface area contributed by atoms with Crippen molar-refractivity contribution in [1.82, 2.24) is 4.90 Å². The third-order valence-electron chi connectivity index (χ3n) is 5.55. The molecule has 1 aromatic carbocycles. The summed E-state index contributed by atoms with van der Waals surface area (Å²) < 4.78 is 17.5. The summed E-state index contributed by atoms with van der Waals surface area (Å²) in [7, 11) is -0.373. The zero-order valence-electron chi connectivity index (χ0n) is 16.3. The minimum absolute atomic E-state index is 0.104. The number of amides is 1. The van der Waals surface area contributed by atoms with E-state index in [0.29, 0.717) is 13.2 Å². The Hall–Kier alpha value is -1.79. The van der Waals surface area contributed by atoms with Gasteiger partial charge < -0.3 is 18.9 Å². The minimum Gasteiger partial charge on any atom is -0.445 e. The van der Waals surface area contributed by atoms with Gasteiger partial charge in [-0.2, -0.15) is 0 Å². The predicted octanol–water partition coefficient (Wildman–Crippen LogP) is 3.98. The van der Waals surface area contributed by atoms with E-state index in [1.54, 1.807) is 4.90 Å². The molecule has 1 atom stereocenters. The summed E-state index contributed by atoms with van der Waals surface area (Å²) in [6.45, 7) is 11.0. The van der Waals surface area contributed by atoms with Gasteiger partial charge in [0.05, 0.1) is 11.2 Å². The van der Waals surface area contributed by atoms with Gasteiger partial charge in [0.2, 0.25) is 0 Å². The number of likely N-dealkylation sites (tertiary alicyclic amines) is 1. The van der Waals surface area contributed by atoms with Crippen LogP contribution < -0.4 is 0 Å². The van der Waals surface area contributed by atoms with Crippen molar-refractivity contribution < 1.29 is 18.8 Å². The topological polar surface area (TPSA) is 48.0 Å². The second kappa shape index (κ2) is 7.08. The van der Waals surface area contributed by atoms with Crippen LogP contribution >= 0.6 is 0 Å². The monoisotopic (exact) mass is 357 g/mol. The van der Waals surface area contributed by atoms with Crippen molar-refractivity contribution in [3.8, 4) is 0 Å². The second-order valence-electron chi connectivity index (χ2n) is 8.17. The smallest absolute Gasteiger partial charge is 0.445 e. The number of carbonyl (C=O) groups is 1. The van der Waals surface area contributed by atoms with E-state index in [-0.39, 0.29) is 30.5 Å². The van der Waals surface area contributed by atoms with Gasteiger partial charge in [-0.25, -0.2) is 4.79 Å². The van der Waals surface area contributed by atoms with Crippen molar-refractivity contribution in [3.05, 3.63) is 47.4 Å². The van der Waals surface area contributed by atoms with E-state index in [1.807, 2.05) is 70.9 Å². The summed E-state index contributed by atoms with van der Waals surface area (Å²) in [4.78, 5) is 14.2. The molecule has 0 aliphatic carbocycles. The molecule has 2 heterocycles. The van der Waals surface area contributed by atoms with E-state index in [4.69, 9.17) is 14.0 Å². The van der Waals surface area contributed by atoms with E-state index in [2.05, 4.69) is 0 Å². The maximum absolute atomic E-state index is 12.4. The molecule has 2 aliphatic rings. The lowest BCUT2D eigenvalue weighted by molar-refractivity contribution is 0.00578. The van der Waals surface area contributed by atoms with Crippen LogP contribution in [0.15, 0.2) is 41.9 Å². The van der Waals surface area contributed by atoms with Gasteiger partial charge in [-0.1, -0.05) is 41.9 Å². The highest BCUT2D eigenvalue weighted by Gasteiger charge is 2.50. The zero-order chi connectivity index (χ0) is 18.9. The highest BCUT2D eigenvalue weighted by molar-refractivity contribution is 6.51. The first-order chi connectivity index (χ1) is 12.2. The zero-order valence-corrected chi connectivity index (χ0v) is 16.3. The highest BCUT2D eigenvalue weighted by Crippen LogP contribution is 2.37. The molecule has 2 saturated heterocycles. The van der Waals surface area contributed by atoms with Gasteiger partial charge in [0.1, 0.15) is 6.61 Å². The van der Waals surface area contributed by atoms with Crippen LogP contribution in [0.3, 0.4) is 0 Å². The van der Waals surface area contributed by atoms with Crippen molar-refractivity contribution in [2.24, 2.45) is 0 Å². The van der Waals surface area contributed by atoms with Crippen LogP contribution in [-0.2, 0) is 20.7 Å². The molecule has 0 bridgehead atoms. The van der Waals surface area contributed by atoms with Crippen LogP contribution in [0.4, 0.5) is 4.79 Å². The number of carbonyl (C=O) groups excluding carboxylic acids is 1. The molecule has 0 unspecified atom stereocenters. The molecular weight excluding hydrogens is 329 g/mol. The molecule has 140 valence electrons. The molecule has 5 nitrogen and oxygen atoms in total. The normalized spacial score (nSPS) is 25.7. The van der Waals surface area contributed by atoms with Gasteiger partial charge in [0.15, 0.2) is 0 Å². The Morgan fingerprint density at radius 3 is 2.46 bits per heavy atom. The Labute approximate surface area is 156 Å². The minimum atomic E-state index is -0.373. The van der Waals surface area contributed by atoms with Crippen molar-refractivity contribution in [2.75, 3.05) is 6.54 Å². The molecular formula is C20H28BNO4. The van der Waals surface area contributed by atoms with Gasteiger partial charge in [-0.3, -0.25) is 0 Å². The Bertz CT molecular complexity index is 670. The van der Waals surface area contributed by atoms with Gasteiger partial charge in [-0.15, -0.1) is 0 Å². The molecule has 1 aromatic rings. The average Bonchev–Trinajstić information content (AvgIpc) is 3.02. The standard InChI is InChI=1S/C20H28BNO4/c1-15-11-17(12-21-25-19(2,3)20(4,5)26-21)13-22(15)18(23)24-14-16-9-7-6-8-10-16/h6-10,12,15H,11,13-14H2,1-5H3/b17-12+/t15-/m1/s1. The molecule has 6 heteroatoms. The van der Waals surface area contributed by atoms with Gasteiger partial charge in [0, 0.05) is 12.6 Å². The molecule has 0 radical (unpaired) electrons. The van der Waals surface area contributed by atoms with Crippen LogP contribution in [0.1, 0.15) is 46.6 Å². The summed E-state index contributed by atoms with van der Waals surface area (Å²) in [5.74, 6) is 2.01. The SMILES string of the molecule is C[C@@H]1C/C(=C\B2OC(C)(C)C(C)(C)O2)CN1C(=O)OCc1ccccc1. The number of nitrogens with zero attached hydrogens (tertiary/aromatic N) is 1. The molecule has 1 amide bonds. The Kier molecular flexibility index (Phi) is 5.17. The van der Waals surface area contributed by atoms with E-state index < -0.39 is 0 Å². The maximum atomic E-state index is 12.4. The fourth-order valence-corrected chi connectivity index (χ4v) is 3.25. The molecule has 3 rings (SSSR count). The van der Waals surface area contributed by atoms with Crippen LogP contribution in [-0.4, -0.2) is 41.9 Å². The summed E-state index contributed by atoms with van der Waals surface area (Å²) >= 11 is 0. The molecule has 0 saturated carbocycles. The van der Waals surface area contributed by atoms with Crippen molar-refractivity contribution in [1.29, 1.82) is 0 Å². The Balaban J connectivity index is 1.58. The fraction of sp³-hybridized carbons (Fsp3) is 0.550. The highest BCUT2D eigenvalue weighted by atomic mass is 16.7. The van der Waals surface area contributed by atoms with Gasteiger partial charge >= 0.3 is 13.2 Å². The number of hydrogen-bond donors (Lipinski definition) is 0. The van der Waals surface area contributed by atoms with Crippen molar-refractivity contribution >= 4 is 13.2 Å². The lowest BCUT2D eigenvalue weighted by Gasteiger charge is -2.32. The number of benzene rings is 1. The third kappa shape index (κ3) is 3.97. The number of rotatable bonds is 3. The van der Waals surface area contributed by atoms with Crippen LogP contribution in [0.25, 0.3) is 0 Å². The molecule has 0 aromatic heterocycles. The number of ether oxygens (including phenoxy) is 1. The lowest BCUT2D eigenvalue weighted by Crippen LogP contribution is -2.41. The first-order valence-corrected chi connectivity index (χ1v) is 9.20. The van der Waals surface area contributed by atoms with E-state index in [1.165, 1.54) is 0 Å². The first-order valence-electron chi connectivity index (χ1n) is 9.20. The molecule has 0 N–H and O–H groups in total. The third-order valence-corrected chi connectivity index (χ3v) is 5.55. The largest absolute Gasteiger partial charge is 0.487 e. The molecule has 0 spiro atoms. The summed E-state index contributed by atoms with van der Waals surface area (Å²) in [5, 5.41) is 0. The van der Waals surface area contributed by atoms with Crippen molar-refractivity contribution in [3.63, 3.8) is 0 Å². The Morgan fingerprint density at radius 2 is 1.85 bits per heavy atom. The second-order valence-corrected chi connectivity index (χ2v) is 8.17. The predicted molar refractivity (Wildman–Crippen MR) is 102 cm³/mol. The molecule has 2 fully saturated rings. The molecule has 26 heavy (non-hydrogen) atoms. The van der Waals surface area contributed by atoms with Gasteiger partial charge in [-0.05, 0) is 46.6 Å². The van der Waals surface area contributed by atoms with Gasteiger partial charge in [0.25, 0.3) is 0 Å². The summed E-state index contributed by atoms with van der Waals surface area (Å²) in [5.41, 5.74) is 1.42. The molecule has 2 aliphatic heterocycles. The maximum Gasteiger partial charge on any atom is 0.487 e.